The van der Waals surface area contributed by atoms with Crippen LogP contribution in [0.1, 0.15) is 36.9 Å². The van der Waals surface area contributed by atoms with Crippen molar-refractivity contribution in [3.63, 3.8) is 0 Å². The average Bonchev–Trinajstić information content (AvgIpc) is 3.48. The van der Waals surface area contributed by atoms with Crippen LogP contribution in [-0.4, -0.2) is 27.6 Å². The second-order valence-electron chi connectivity index (χ2n) is 7.56. The van der Waals surface area contributed by atoms with Gasteiger partial charge in [-0.15, -0.1) is 0 Å². The molecule has 1 fully saturated rings. The maximum atomic E-state index is 12.4. The average molecular weight is 409 g/mol. The first-order chi connectivity index (χ1) is 14.1. The third-order valence-corrected chi connectivity index (χ3v) is 6.10. The molecule has 2 amide bonds. The molecule has 3 heterocycles. The van der Waals surface area contributed by atoms with Crippen LogP contribution in [0, 0.1) is 0 Å². The highest BCUT2D eigenvalue weighted by Crippen LogP contribution is 2.30. The molecule has 1 saturated heterocycles. The summed E-state index contributed by atoms with van der Waals surface area (Å²) in [5.74, 6) is 0.0539. The number of nitrogens with zero attached hydrogens (tertiary/aromatic N) is 1. The van der Waals surface area contributed by atoms with Crippen LogP contribution < -0.4 is 10.6 Å². The third-order valence-electron chi connectivity index (χ3n) is 5.36. The zero-order valence-corrected chi connectivity index (χ0v) is 16.9. The highest BCUT2D eigenvalue weighted by Gasteiger charge is 2.37. The smallest absolute Gasteiger partial charge is 0.220 e. The number of rotatable bonds is 8. The van der Waals surface area contributed by atoms with Gasteiger partial charge in [-0.2, -0.15) is 16.4 Å². The summed E-state index contributed by atoms with van der Waals surface area (Å²) in [6.45, 7) is 0.405. The van der Waals surface area contributed by atoms with Gasteiger partial charge >= 0.3 is 0 Å². The van der Waals surface area contributed by atoms with Gasteiger partial charge in [-0.1, -0.05) is 30.3 Å². The van der Waals surface area contributed by atoms with Crippen LogP contribution >= 0.6 is 11.3 Å². The molecule has 7 heteroatoms. The highest BCUT2D eigenvalue weighted by molar-refractivity contribution is 7.07. The SMILES string of the molecule is O=C(CC[C@@]1(Cc2ccsc2)CCC(=O)N1)NCc1cc(-c2ccccc2)n[nH]1. The predicted molar refractivity (Wildman–Crippen MR) is 113 cm³/mol. The van der Waals surface area contributed by atoms with E-state index >= 15 is 0 Å². The topological polar surface area (TPSA) is 86.9 Å². The molecule has 0 saturated carbocycles. The van der Waals surface area contributed by atoms with Gasteiger partial charge < -0.3 is 10.6 Å². The van der Waals surface area contributed by atoms with Crippen LogP contribution in [-0.2, 0) is 22.6 Å². The normalized spacial score (nSPS) is 18.6. The van der Waals surface area contributed by atoms with Crippen LogP contribution in [0.5, 0.6) is 0 Å². The molecule has 0 radical (unpaired) electrons. The third kappa shape index (κ3) is 4.92. The lowest BCUT2D eigenvalue weighted by Gasteiger charge is -2.29. The summed E-state index contributed by atoms with van der Waals surface area (Å²) < 4.78 is 0. The summed E-state index contributed by atoms with van der Waals surface area (Å²) in [7, 11) is 0. The van der Waals surface area contributed by atoms with E-state index in [-0.39, 0.29) is 17.4 Å². The Labute approximate surface area is 173 Å². The Kier molecular flexibility index (Phi) is 5.76. The van der Waals surface area contributed by atoms with Crippen molar-refractivity contribution in [3.8, 4) is 11.3 Å². The molecule has 1 aliphatic heterocycles. The number of carbonyl (C=O) groups excluding carboxylic acids is 2. The van der Waals surface area contributed by atoms with Crippen molar-refractivity contribution < 1.29 is 9.59 Å². The Balaban J connectivity index is 1.30. The number of hydrogen-bond donors (Lipinski definition) is 3. The summed E-state index contributed by atoms with van der Waals surface area (Å²) in [4.78, 5) is 24.3. The van der Waals surface area contributed by atoms with Crippen molar-refractivity contribution in [2.75, 3.05) is 0 Å². The van der Waals surface area contributed by atoms with E-state index in [4.69, 9.17) is 0 Å². The Morgan fingerprint density at radius 2 is 2.10 bits per heavy atom. The van der Waals surface area contributed by atoms with E-state index in [0.29, 0.717) is 25.8 Å². The van der Waals surface area contributed by atoms with Crippen molar-refractivity contribution in [3.05, 3.63) is 64.5 Å². The fraction of sp³-hybridized carbons (Fsp3) is 0.318. The highest BCUT2D eigenvalue weighted by atomic mass is 32.1. The first-order valence-corrected chi connectivity index (χ1v) is 10.7. The van der Waals surface area contributed by atoms with Crippen LogP contribution in [0.15, 0.2) is 53.2 Å². The minimum absolute atomic E-state index is 0.0216. The maximum Gasteiger partial charge on any atom is 0.220 e. The number of aromatic amines is 1. The molecule has 1 aliphatic rings. The van der Waals surface area contributed by atoms with Crippen molar-refractivity contribution in [1.29, 1.82) is 0 Å². The largest absolute Gasteiger partial charge is 0.350 e. The standard InChI is InChI=1S/C22H24N4O2S/c27-20(23-14-18-12-19(26-25-18)17-4-2-1-3-5-17)6-9-22(10-7-21(28)24-22)13-16-8-11-29-15-16/h1-5,8,11-12,15H,6-7,9-10,13-14H2,(H,23,27)(H,24,28)(H,25,26)/t22-/m0/s1. The number of aromatic nitrogens is 2. The van der Waals surface area contributed by atoms with Crippen LogP contribution in [0.2, 0.25) is 0 Å². The molecule has 0 bridgehead atoms. The molecular weight excluding hydrogens is 384 g/mol. The first-order valence-electron chi connectivity index (χ1n) is 9.80. The number of benzene rings is 1. The van der Waals surface area contributed by atoms with Gasteiger partial charge in [0.25, 0.3) is 0 Å². The molecule has 29 heavy (non-hydrogen) atoms. The van der Waals surface area contributed by atoms with Gasteiger partial charge in [-0.25, -0.2) is 0 Å². The van der Waals surface area contributed by atoms with Crippen LogP contribution in [0.4, 0.5) is 0 Å². The molecule has 2 aromatic heterocycles. The quantitative estimate of drug-likeness (QED) is 0.534. The lowest BCUT2D eigenvalue weighted by Crippen LogP contribution is -2.44. The van der Waals surface area contributed by atoms with E-state index < -0.39 is 0 Å². The fourth-order valence-corrected chi connectivity index (χ4v) is 4.48. The number of amides is 2. The molecule has 0 unspecified atom stereocenters. The van der Waals surface area contributed by atoms with Gasteiger partial charge in [0.15, 0.2) is 0 Å². The summed E-state index contributed by atoms with van der Waals surface area (Å²) in [5.41, 5.74) is 3.65. The Bertz CT molecular complexity index is 968. The molecule has 3 aromatic rings. The van der Waals surface area contributed by atoms with E-state index in [1.54, 1.807) is 11.3 Å². The zero-order valence-electron chi connectivity index (χ0n) is 16.1. The Morgan fingerprint density at radius 3 is 2.83 bits per heavy atom. The molecule has 150 valence electrons. The van der Waals surface area contributed by atoms with Gasteiger partial charge in [-0.3, -0.25) is 14.7 Å². The first kappa shape index (κ1) is 19.4. The van der Waals surface area contributed by atoms with Gasteiger partial charge in [-0.05, 0) is 47.7 Å². The second kappa shape index (κ2) is 8.61. The van der Waals surface area contributed by atoms with Crippen molar-refractivity contribution >= 4 is 23.2 Å². The number of hydrogen-bond acceptors (Lipinski definition) is 4. The number of H-pyrrole nitrogens is 1. The van der Waals surface area contributed by atoms with Crippen molar-refractivity contribution in [2.45, 2.75) is 44.2 Å². The summed E-state index contributed by atoms with van der Waals surface area (Å²) in [6.07, 6.45) is 3.09. The molecule has 6 nitrogen and oxygen atoms in total. The molecule has 1 atom stereocenters. The van der Waals surface area contributed by atoms with E-state index in [1.165, 1.54) is 5.56 Å². The van der Waals surface area contributed by atoms with Gasteiger partial charge in [0.2, 0.25) is 11.8 Å². The molecule has 1 aromatic carbocycles. The van der Waals surface area contributed by atoms with Gasteiger partial charge in [0, 0.05) is 23.9 Å². The zero-order chi connectivity index (χ0) is 20.1. The monoisotopic (exact) mass is 408 g/mol. The lowest BCUT2D eigenvalue weighted by molar-refractivity contribution is -0.122. The van der Waals surface area contributed by atoms with Gasteiger partial charge in [0.1, 0.15) is 0 Å². The molecule has 3 N–H and O–H groups in total. The van der Waals surface area contributed by atoms with Crippen molar-refractivity contribution in [2.24, 2.45) is 0 Å². The number of nitrogens with one attached hydrogen (secondary N) is 3. The predicted octanol–water partition coefficient (Wildman–Crippen LogP) is 3.43. The van der Waals surface area contributed by atoms with E-state index in [0.717, 1.165) is 29.8 Å². The van der Waals surface area contributed by atoms with Crippen molar-refractivity contribution in [1.82, 2.24) is 20.8 Å². The summed E-state index contributed by atoms with van der Waals surface area (Å²) in [5, 5.41) is 17.5. The molecule has 0 aliphatic carbocycles. The maximum absolute atomic E-state index is 12.4. The van der Waals surface area contributed by atoms with E-state index in [9.17, 15) is 9.59 Å². The van der Waals surface area contributed by atoms with E-state index in [1.807, 2.05) is 41.8 Å². The van der Waals surface area contributed by atoms with Gasteiger partial charge in [0.05, 0.1) is 17.9 Å². The molecule has 0 spiro atoms. The van der Waals surface area contributed by atoms with E-state index in [2.05, 4.69) is 32.3 Å². The molecular formula is C22H24N4O2S. The van der Waals surface area contributed by atoms with Crippen LogP contribution in [0.25, 0.3) is 11.3 Å². The number of carbonyl (C=O) groups is 2. The second-order valence-corrected chi connectivity index (χ2v) is 8.34. The fourth-order valence-electron chi connectivity index (χ4n) is 3.81. The minimum atomic E-state index is -0.316. The van der Waals surface area contributed by atoms with Crippen LogP contribution in [0.3, 0.4) is 0 Å². The lowest BCUT2D eigenvalue weighted by atomic mass is 9.85. The molecule has 4 rings (SSSR count). The number of thiophene rings is 1. The summed E-state index contributed by atoms with van der Waals surface area (Å²) in [6, 6.07) is 13.9. The Morgan fingerprint density at radius 1 is 1.24 bits per heavy atom. The summed E-state index contributed by atoms with van der Waals surface area (Å²) >= 11 is 1.65. The minimum Gasteiger partial charge on any atom is -0.350 e. The Hall–Kier alpha value is -2.93.